The summed E-state index contributed by atoms with van der Waals surface area (Å²) in [7, 11) is 4.55. The molecule has 114 valence electrons. The number of nitrogens with zero attached hydrogens (tertiary/aromatic N) is 2. The molecule has 0 aromatic rings. The van der Waals surface area contributed by atoms with E-state index in [-0.39, 0.29) is 0 Å². The normalized spacial score (nSPS) is 23.8. The fourth-order valence-corrected chi connectivity index (χ4v) is 3.04. The molecule has 0 aromatic carbocycles. The molecule has 0 bridgehead atoms. The SMILES string of the molecule is CCCNC(C)C(C)(C)CN(C)C1CCCN(C)C1. The van der Waals surface area contributed by atoms with E-state index >= 15 is 0 Å². The van der Waals surface area contributed by atoms with Crippen molar-refractivity contribution >= 4 is 0 Å². The number of piperidine rings is 1. The maximum atomic E-state index is 3.65. The van der Waals surface area contributed by atoms with Gasteiger partial charge in [-0.2, -0.15) is 0 Å². The lowest BCUT2D eigenvalue weighted by Crippen LogP contribution is -2.51. The largest absolute Gasteiger partial charge is 0.314 e. The van der Waals surface area contributed by atoms with E-state index in [0.717, 1.165) is 12.6 Å². The monoisotopic (exact) mass is 269 g/mol. The molecule has 2 atom stereocenters. The van der Waals surface area contributed by atoms with E-state index in [1.54, 1.807) is 0 Å². The Labute approximate surface area is 120 Å². The van der Waals surface area contributed by atoms with E-state index in [9.17, 15) is 0 Å². The number of hydrogen-bond acceptors (Lipinski definition) is 3. The maximum Gasteiger partial charge on any atom is 0.0220 e. The van der Waals surface area contributed by atoms with Gasteiger partial charge in [0, 0.05) is 25.2 Å². The Hall–Kier alpha value is -0.120. The van der Waals surface area contributed by atoms with E-state index in [1.165, 1.54) is 38.9 Å². The molecule has 1 saturated heterocycles. The third kappa shape index (κ3) is 5.41. The molecule has 0 radical (unpaired) electrons. The van der Waals surface area contributed by atoms with Crippen molar-refractivity contribution in [3.05, 3.63) is 0 Å². The average Bonchev–Trinajstić information content (AvgIpc) is 2.35. The predicted octanol–water partition coefficient (Wildman–Crippen LogP) is 2.43. The first-order chi connectivity index (χ1) is 8.86. The molecule has 1 aliphatic heterocycles. The van der Waals surface area contributed by atoms with Gasteiger partial charge in [0.1, 0.15) is 0 Å². The molecule has 0 saturated carbocycles. The summed E-state index contributed by atoms with van der Waals surface area (Å²) in [5, 5.41) is 3.65. The molecule has 0 amide bonds. The quantitative estimate of drug-likeness (QED) is 0.766. The molecular formula is C16H35N3. The third-order valence-electron chi connectivity index (χ3n) is 4.75. The molecule has 0 aromatic heterocycles. The highest BCUT2D eigenvalue weighted by Gasteiger charge is 2.30. The van der Waals surface area contributed by atoms with Gasteiger partial charge in [0.25, 0.3) is 0 Å². The van der Waals surface area contributed by atoms with E-state index in [0.29, 0.717) is 11.5 Å². The highest BCUT2D eigenvalue weighted by atomic mass is 15.2. The lowest BCUT2D eigenvalue weighted by molar-refractivity contribution is 0.0852. The molecule has 2 unspecified atom stereocenters. The smallest absolute Gasteiger partial charge is 0.0220 e. The van der Waals surface area contributed by atoms with Crippen LogP contribution in [-0.4, -0.2) is 62.2 Å². The summed E-state index contributed by atoms with van der Waals surface area (Å²) in [5.74, 6) is 0. The standard InChI is InChI=1S/C16H35N3/c1-7-10-17-14(2)16(3,4)13-19(6)15-9-8-11-18(5)12-15/h14-15,17H,7-13H2,1-6H3. The summed E-state index contributed by atoms with van der Waals surface area (Å²) in [5.41, 5.74) is 0.319. The van der Waals surface area contributed by atoms with Gasteiger partial charge in [0.2, 0.25) is 0 Å². The second-order valence-electron chi connectivity index (χ2n) is 7.14. The van der Waals surface area contributed by atoms with Gasteiger partial charge in [0.15, 0.2) is 0 Å². The number of nitrogens with one attached hydrogen (secondary N) is 1. The second kappa shape index (κ2) is 7.61. The highest BCUT2D eigenvalue weighted by molar-refractivity contribution is 4.86. The minimum absolute atomic E-state index is 0.319. The van der Waals surface area contributed by atoms with Crippen LogP contribution in [0.5, 0.6) is 0 Å². The van der Waals surface area contributed by atoms with Crippen LogP contribution in [0.1, 0.15) is 47.0 Å². The fourth-order valence-electron chi connectivity index (χ4n) is 3.04. The van der Waals surface area contributed by atoms with Crippen molar-refractivity contribution in [3.8, 4) is 0 Å². The zero-order chi connectivity index (χ0) is 14.5. The van der Waals surface area contributed by atoms with Crippen LogP contribution in [0.3, 0.4) is 0 Å². The van der Waals surface area contributed by atoms with E-state index in [4.69, 9.17) is 0 Å². The Morgan fingerprint density at radius 2 is 2.11 bits per heavy atom. The third-order valence-corrected chi connectivity index (χ3v) is 4.75. The molecule has 19 heavy (non-hydrogen) atoms. The van der Waals surface area contributed by atoms with Crippen molar-refractivity contribution in [2.75, 3.05) is 40.3 Å². The zero-order valence-corrected chi connectivity index (χ0v) is 14.0. The Balaban J connectivity index is 2.46. The molecule has 1 N–H and O–H groups in total. The van der Waals surface area contributed by atoms with Gasteiger partial charge in [-0.1, -0.05) is 20.8 Å². The van der Waals surface area contributed by atoms with Crippen LogP contribution in [0.4, 0.5) is 0 Å². The van der Waals surface area contributed by atoms with Gasteiger partial charge in [-0.15, -0.1) is 0 Å². The van der Waals surface area contributed by atoms with Crippen molar-refractivity contribution in [1.29, 1.82) is 0 Å². The van der Waals surface area contributed by atoms with Crippen LogP contribution in [0.25, 0.3) is 0 Å². The Morgan fingerprint density at radius 3 is 2.68 bits per heavy atom. The summed E-state index contributed by atoms with van der Waals surface area (Å²) in [6.07, 6.45) is 3.91. The van der Waals surface area contributed by atoms with Crippen molar-refractivity contribution in [2.45, 2.75) is 59.0 Å². The molecule has 3 nitrogen and oxygen atoms in total. The first kappa shape index (κ1) is 16.9. The minimum Gasteiger partial charge on any atom is -0.314 e. The molecule has 0 spiro atoms. The van der Waals surface area contributed by atoms with Gasteiger partial charge >= 0.3 is 0 Å². The first-order valence-electron chi connectivity index (χ1n) is 7.99. The van der Waals surface area contributed by atoms with Crippen LogP contribution in [0, 0.1) is 5.41 Å². The van der Waals surface area contributed by atoms with Gasteiger partial charge < -0.3 is 15.1 Å². The van der Waals surface area contributed by atoms with Gasteiger partial charge in [-0.05, 0) is 58.8 Å². The van der Waals surface area contributed by atoms with Crippen molar-refractivity contribution < 1.29 is 0 Å². The Kier molecular flexibility index (Phi) is 6.78. The number of likely N-dealkylation sites (N-methyl/N-ethyl adjacent to an activating group) is 2. The van der Waals surface area contributed by atoms with Crippen molar-refractivity contribution in [2.24, 2.45) is 5.41 Å². The molecule has 1 heterocycles. The summed E-state index contributed by atoms with van der Waals surface area (Å²) in [6, 6.07) is 1.30. The van der Waals surface area contributed by atoms with Crippen molar-refractivity contribution in [3.63, 3.8) is 0 Å². The van der Waals surface area contributed by atoms with E-state index in [1.807, 2.05) is 0 Å². The Bertz CT molecular complexity index is 252. The average molecular weight is 269 g/mol. The van der Waals surface area contributed by atoms with Crippen molar-refractivity contribution in [1.82, 2.24) is 15.1 Å². The summed E-state index contributed by atoms with van der Waals surface area (Å²) in [6.45, 7) is 14.1. The molecule has 0 aliphatic carbocycles. The Morgan fingerprint density at radius 1 is 1.42 bits per heavy atom. The number of hydrogen-bond donors (Lipinski definition) is 1. The highest BCUT2D eigenvalue weighted by Crippen LogP contribution is 2.24. The molecular weight excluding hydrogens is 234 g/mol. The summed E-state index contributed by atoms with van der Waals surface area (Å²) < 4.78 is 0. The molecule has 1 rings (SSSR count). The predicted molar refractivity (Wildman–Crippen MR) is 84.7 cm³/mol. The van der Waals surface area contributed by atoms with E-state index < -0.39 is 0 Å². The molecule has 3 heteroatoms. The number of rotatable bonds is 7. The van der Waals surface area contributed by atoms with Gasteiger partial charge in [0.05, 0.1) is 0 Å². The second-order valence-corrected chi connectivity index (χ2v) is 7.14. The topological polar surface area (TPSA) is 18.5 Å². The first-order valence-corrected chi connectivity index (χ1v) is 7.99. The van der Waals surface area contributed by atoms with Crippen LogP contribution in [0.2, 0.25) is 0 Å². The summed E-state index contributed by atoms with van der Waals surface area (Å²) in [4.78, 5) is 5.05. The van der Waals surface area contributed by atoms with Crippen LogP contribution >= 0.6 is 0 Å². The summed E-state index contributed by atoms with van der Waals surface area (Å²) >= 11 is 0. The van der Waals surface area contributed by atoms with Gasteiger partial charge in [-0.25, -0.2) is 0 Å². The lowest BCUT2D eigenvalue weighted by atomic mass is 9.84. The van der Waals surface area contributed by atoms with Gasteiger partial charge in [-0.3, -0.25) is 0 Å². The van der Waals surface area contributed by atoms with E-state index in [2.05, 4.69) is 56.9 Å². The molecule has 1 aliphatic rings. The van der Waals surface area contributed by atoms with Crippen LogP contribution < -0.4 is 5.32 Å². The van der Waals surface area contributed by atoms with Crippen LogP contribution in [-0.2, 0) is 0 Å². The lowest BCUT2D eigenvalue weighted by Gasteiger charge is -2.42. The fraction of sp³-hybridized carbons (Fsp3) is 1.00. The minimum atomic E-state index is 0.319. The molecule has 1 fully saturated rings. The maximum absolute atomic E-state index is 3.65. The number of likely N-dealkylation sites (tertiary alicyclic amines) is 1. The zero-order valence-electron chi connectivity index (χ0n) is 14.0. The van der Waals surface area contributed by atoms with Crippen LogP contribution in [0.15, 0.2) is 0 Å².